The molecule has 1 saturated carbocycles. The highest BCUT2D eigenvalue weighted by Crippen LogP contribution is 2.29. The maximum absolute atomic E-state index is 12.3. The van der Waals surface area contributed by atoms with Gasteiger partial charge in [-0.15, -0.1) is 11.3 Å². The van der Waals surface area contributed by atoms with E-state index in [1.165, 1.54) is 17.7 Å². The van der Waals surface area contributed by atoms with Crippen LogP contribution < -0.4 is 5.32 Å². The van der Waals surface area contributed by atoms with Gasteiger partial charge in [-0.3, -0.25) is 9.69 Å². The molecular formula is C14H21N3OS. The fraction of sp³-hybridized carbons (Fsp3) is 0.643. The molecular weight excluding hydrogens is 258 g/mol. The number of hydrogen-bond donors (Lipinski definition) is 1. The molecule has 1 N–H and O–H groups in total. The number of piperazine rings is 1. The summed E-state index contributed by atoms with van der Waals surface area (Å²) in [7, 11) is 0. The molecule has 1 amide bonds. The summed E-state index contributed by atoms with van der Waals surface area (Å²) in [4.78, 5) is 18.0. The van der Waals surface area contributed by atoms with Crippen molar-refractivity contribution in [3.63, 3.8) is 0 Å². The zero-order valence-corrected chi connectivity index (χ0v) is 12.0. The van der Waals surface area contributed by atoms with Crippen molar-refractivity contribution in [2.24, 2.45) is 0 Å². The van der Waals surface area contributed by atoms with Gasteiger partial charge >= 0.3 is 0 Å². The van der Waals surface area contributed by atoms with Crippen molar-refractivity contribution in [2.75, 3.05) is 32.7 Å². The minimum Gasteiger partial charge on any atom is -0.339 e. The Morgan fingerprint density at radius 1 is 1.42 bits per heavy atom. The van der Waals surface area contributed by atoms with E-state index in [0.29, 0.717) is 18.5 Å². The molecule has 2 aliphatic rings. The minimum atomic E-state index is 0.296. The standard InChI is InChI=1S/C14H21N3OS/c18-14(16-7-5-15-6-8-16)11-17(12-3-4-12)10-13-2-1-9-19-13/h1-2,9,12,15H,3-8,10-11H2. The zero-order chi connectivity index (χ0) is 13.1. The van der Waals surface area contributed by atoms with E-state index in [0.717, 1.165) is 32.7 Å². The lowest BCUT2D eigenvalue weighted by Crippen LogP contribution is -2.49. The lowest BCUT2D eigenvalue weighted by atomic mass is 10.3. The average Bonchev–Trinajstić information content (AvgIpc) is 3.17. The molecule has 2 fully saturated rings. The Labute approximate surface area is 118 Å². The Kier molecular flexibility index (Phi) is 4.15. The van der Waals surface area contributed by atoms with Crippen LogP contribution in [0.25, 0.3) is 0 Å². The predicted molar refractivity (Wildman–Crippen MR) is 77.2 cm³/mol. The van der Waals surface area contributed by atoms with Crippen molar-refractivity contribution in [2.45, 2.75) is 25.4 Å². The molecule has 0 bridgehead atoms. The highest BCUT2D eigenvalue weighted by atomic mass is 32.1. The van der Waals surface area contributed by atoms with Gasteiger partial charge in [-0.2, -0.15) is 0 Å². The summed E-state index contributed by atoms with van der Waals surface area (Å²) in [5.74, 6) is 0.296. The smallest absolute Gasteiger partial charge is 0.236 e. The Morgan fingerprint density at radius 2 is 2.21 bits per heavy atom. The van der Waals surface area contributed by atoms with E-state index < -0.39 is 0 Å². The van der Waals surface area contributed by atoms with Gasteiger partial charge in [0.2, 0.25) is 5.91 Å². The summed E-state index contributed by atoms with van der Waals surface area (Å²) in [6.45, 7) is 5.09. The number of carbonyl (C=O) groups excluding carboxylic acids is 1. The van der Waals surface area contributed by atoms with Crippen molar-refractivity contribution < 1.29 is 4.79 Å². The third kappa shape index (κ3) is 3.55. The third-order valence-electron chi connectivity index (χ3n) is 3.81. The predicted octanol–water partition coefficient (Wildman–Crippen LogP) is 1.14. The quantitative estimate of drug-likeness (QED) is 0.878. The van der Waals surface area contributed by atoms with E-state index in [1.807, 2.05) is 4.90 Å². The molecule has 0 radical (unpaired) electrons. The summed E-state index contributed by atoms with van der Waals surface area (Å²) in [5, 5.41) is 5.40. The van der Waals surface area contributed by atoms with Gasteiger partial charge < -0.3 is 10.2 Å². The van der Waals surface area contributed by atoms with Crippen molar-refractivity contribution in [3.05, 3.63) is 22.4 Å². The second-order valence-electron chi connectivity index (χ2n) is 5.35. The SMILES string of the molecule is O=C(CN(Cc1cccs1)C1CC1)N1CCNCC1. The Morgan fingerprint density at radius 3 is 2.84 bits per heavy atom. The number of thiophene rings is 1. The topological polar surface area (TPSA) is 35.6 Å². The van der Waals surface area contributed by atoms with Crippen molar-refractivity contribution in [1.29, 1.82) is 0 Å². The normalized spacial score (nSPS) is 19.9. The van der Waals surface area contributed by atoms with Gasteiger partial charge in [0.1, 0.15) is 0 Å². The van der Waals surface area contributed by atoms with E-state index in [1.54, 1.807) is 11.3 Å². The lowest BCUT2D eigenvalue weighted by Gasteiger charge is -2.30. The molecule has 1 saturated heterocycles. The molecule has 0 aromatic carbocycles. The summed E-state index contributed by atoms with van der Waals surface area (Å²) >= 11 is 1.78. The molecule has 0 spiro atoms. The van der Waals surface area contributed by atoms with Crippen LogP contribution in [0.2, 0.25) is 0 Å². The maximum atomic E-state index is 12.3. The van der Waals surface area contributed by atoms with E-state index in [2.05, 4.69) is 27.7 Å². The summed E-state index contributed by atoms with van der Waals surface area (Å²) in [5.41, 5.74) is 0. The molecule has 5 heteroatoms. The van der Waals surface area contributed by atoms with Crippen LogP contribution in [0, 0.1) is 0 Å². The van der Waals surface area contributed by atoms with E-state index in [9.17, 15) is 4.79 Å². The molecule has 4 nitrogen and oxygen atoms in total. The first-order valence-electron chi connectivity index (χ1n) is 7.08. The molecule has 0 atom stereocenters. The van der Waals surface area contributed by atoms with Crippen molar-refractivity contribution in [1.82, 2.24) is 15.1 Å². The molecule has 1 aromatic heterocycles. The number of nitrogens with one attached hydrogen (secondary N) is 1. The fourth-order valence-corrected chi connectivity index (χ4v) is 3.27. The van der Waals surface area contributed by atoms with E-state index in [4.69, 9.17) is 0 Å². The summed E-state index contributed by atoms with van der Waals surface area (Å²) in [6.07, 6.45) is 2.50. The molecule has 0 unspecified atom stereocenters. The largest absolute Gasteiger partial charge is 0.339 e. The summed E-state index contributed by atoms with van der Waals surface area (Å²) < 4.78 is 0. The number of carbonyl (C=O) groups is 1. The first-order chi connectivity index (χ1) is 9.33. The van der Waals surface area contributed by atoms with Crippen LogP contribution in [0.1, 0.15) is 17.7 Å². The molecule has 104 valence electrons. The van der Waals surface area contributed by atoms with Crippen LogP contribution in [0.3, 0.4) is 0 Å². The Hall–Kier alpha value is -0.910. The van der Waals surface area contributed by atoms with Crippen LogP contribution in [0.5, 0.6) is 0 Å². The first kappa shape index (κ1) is 13.1. The number of hydrogen-bond acceptors (Lipinski definition) is 4. The molecule has 3 rings (SSSR count). The van der Waals surface area contributed by atoms with Gasteiger partial charge in [0, 0.05) is 43.6 Å². The second kappa shape index (κ2) is 6.03. The zero-order valence-electron chi connectivity index (χ0n) is 11.2. The van der Waals surface area contributed by atoms with Gasteiger partial charge in [-0.25, -0.2) is 0 Å². The molecule has 1 aliphatic carbocycles. The fourth-order valence-electron chi connectivity index (χ4n) is 2.54. The van der Waals surface area contributed by atoms with Crippen molar-refractivity contribution in [3.8, 4) is 0 Å². The molecule has 2 heterocycles. The van der Waals surface area contributed by atoms with Crippen molar-refractivity contribution >= 4 is 17.2 Å². The van der Waals surface area contributed by atoms with Gasteiger partial charge in [-0.05, 0) is 24.3 Å². The van der Waals surface area contributed by atoms with Crippen LogP contribution in [-0.2, 0) is 11.3 Å². The Bertz CT molecular complexity index is 410. The lowest BCUT2D eigenvalue weighted by molar-refractivity contribution is -0.133. The maximum Gasteiger partial charge on any atom is 0.236 e. The minimum absolute atomic E-state index is 0.296. The van der Waals surface area contributed by atoms with Gasteiger partial charge in [0.05, 0.1) is 6.54 Å². The molecule has 19 heavy (non-hydrogen) atoms. The Balaban J connectivity index is 1.56. The highest BCUT2D eigenvalue weighted by Gasteiger charge is 2.31. The van der Waals surface area contributed by atoms with E-state index in [-0.39, 0.29) is 0 Å². The van der Waals surface area contributed by atoms with Gasteiger partial charge in [-0.1, -0.05) is 6.07 Å². The van der Waals surface area contributed by atoms with Gasteiger partial charge in [0.25, 0.3) is 0 Å². The third-order valence-corrected chi connectivity index (χ3v) is 4.67. The summed E-state index contributed by atoms with van der Waals surface area (Å²) in [6, 6.07) is 4.88. The average molecular weight is 279 g/mol. The highest BCUT2D eigenvalue weighted by molar-refractivity contribution is 7.09. The molecule has 1 aromatic rings. The number of amides is 1. The van der Waals surface area contributed by atoms with Crippen LogP contribution in [-0.4, -0.2) is 54.5 Å². The van der Waals surface area contributed by atoms with Gasteiger partial charge in [0.15, 0.2) is 0 Å². The first-order valence-corrected chi connectivity index (χ1v) is 7.96. The van der Waals surface area contributed by atoms with Crippen LogP contribution in [0.4, 0.5) is 0 Å². The molecule has 1 aliphatic heterocycles. The van der Waals surface area contributed by atoms with Crippen LogP contribution >= 0.6 is 11.3 Å². The van der Waals surface area contributed by atoms with Crippen LogP contribution in [0.15, 0.2) is 17.5 Å². The number of nitrogens with zero attached hydrogens (tertiary/aromatic N) is 2. The second-order valence-corrected chi connectivity index (χ2v) is 6.38. The number of rotatable bonds is 5. The monoisotopic (exact) mass is 279 g/mol. The van der Waals surface area contributed by atoms with E-state index >= 15 is 0 Å².